The van der Waals surface area contributed by atoms with E-state index in [1.807, 2.05) is 0 Å². The van der Waals surface area contributed by atoms with Crippen molar-refractivity contribution >= 4 is 7.60 Å². The highest BCUT2D eigenvalue weighted by Crippen LogP contribution is 2.32. The third-order valence-electron chi connectivity index (χ3n) is 0.449. The van der Waals surface area contributed by atoms with Crippen LogP contribution in [0.3, 0.4) is 0 Å². The molecule has 5 N–H and O–H groups in total. The van der Waals surface area contributed by atoms with Gasteiger partial charge in [-0.15, -0.1) is 0 Å². The fourth-order valence-electron chi connectivity index (χ4n) is 0.206. The molecule has 0 aliphatic carbocycles. The van der Waals surface area contributed by atoms with Gasteiger partial charge in [-0.05, 0) is 0 Å². The molecule has 0 heterocycles. The maximum atomic E-state index is 9.89. The van der Waals surface area contributed by atoms with Crippen LogP contribution in [0.15, 0.2) is 0 Å². The van der Waals surface area contributed by atoms with Crippen molar-refractivity contribution in [3.63, 3.8) is 0 Å². The summed E-state index contributed by atoms with van der Waals surface area (Å²) < 4.78 is 9.89. The van der Waals surface area contributed by atoms with Crippen molar-refractivity contribution in [1.29, 1.82) is 0 Å². The molecule has 0 radical (unpaired) electrons. The molecule has 0 atom stereocenters. The average Bonchev–Trinajstić information content (AvgIpc) is 1.30. The molecule has 44 valence electrons. The van der Waals surface area contributed by atoms with E-state index in [1.165, 1.54) is 0 Å². The molecule has 4 nitrogen and oxygen atoms in total. The zero-order chi connectivity index (χ0) is 5.91. The van der Waals surface area contributed by atoms with Gasteiger partial charge >= 0.3 is 7.60 Å². The lowest BCUT2D eigenvalue weighted by Gasteiger charge is -1.95. The van der Waals surface area contributed by atoms with E-state index >= 15 is 0 Å². The van der Waals surface area contributed by atoms with Crippen molar-refractivity contribution in [3.8, 4) is 0 Å². The van der Waals surface area contributed by atoms with Crippen molar-refractivity contribution < 1.29 is 20.1 Å². The Morgan fingerprint density at radius 2 is 2.00 bits per heavy atom. The molecular formula is C2H9NO3P+. The van der Waals surface area contributed by atoms with Gasteiger partial charge in [0.15, 0.2) is 0 Å². The Hall–Kier alpha value is 0.110. The van der Waals surface area contributed by atoms with Crippen LogP contribution in [0.1, 0.15) is 0 Å². The smallest absolute Gasteiger partial charge is 0.331 e. The van der Waals surface area contributed by atoms with E-state index in [0.29, 0.717) is 6.54 Å². The van der Waals surface area contributed by atoms with Crippen molar-refractivity contribution in [2.24, 2.45) is 0 Å². The molecule has 0 aromatic carbocycles. The third-order valence-corrected chi connectivity index (χ3v) is 1.35. The predicted molar refractivity (Wildman–Crippen MR) is 24.7 cm³/mol. The van der Waals surface area contributed by atoms with E-state index < -0.39 is 7.60 Å². The molecule has 0 rings (SSSR count). The number of quaternary nitrogens is 1. The summed E-state index contributed by atoms with van der Waals surface area (Å²) in [6, 6.07) is 0. The van der Waals surface area contributed by atoms with Gasteiger partial charge in [-0.3, -0.25) is 4.57 Å². The molecule has 0 fully saturated rings. The summed E-state index contributed by atoms with van der Waals surface area (Å²) in [6.45, 7) is 0.296. The second-order valence-corrected chi connectivity index (χ2v) is 3.02. The Kier molecular flexibility index (Phi) is 2.46. The van der Waals surface area contributed by atoms with Crippen LogP contribution >= 0.6 is 7.60 Å². The molecule has 0 saturated heterocycles. The second kappa shape index (κ2) is 2.43. The van der Waals surface area contributed by atoms with Crippen LogP contribution in [0.2, 0.25) is 0 Å². The first-order valence-electron chi connectivity index (χ1n) is 1.90. The summed E-state index contributed by atoms with van der Waals surface area (Å²) in [5.41, 5.74) is 3.28. The van der Waals surface area contributed by atoms with Gasteiger partial charge in [0.2, 0.25) is 0 Å². The zero-order valence-electron chi connectivity index (χ0n) is 3.87. The highest BCUT2D eigenvalue weighted by atomic mass is 31.2. The first-order chi connectivity index (χ1) is 3.06. The van der Waals surface area contributed by atoms with Gasteiger partial charge in [0, 0.05) is 0 Å². The molecule has 0 bridgehead atoms. The molecule has 0 aliphatic rings. The monoisotopic (exact) mass is 126 g/mol. The van der Waals surface area contributed by atoms with Gasteiger partial charge < -0.3 is 15.5 Å². The van der Waals surface area contributed by atoms with Crippen LogP contribution in [-0.2, 0) is 4.57 Å². The van der Waals surface area contributed by atoms with Gasteiger partial charge in [0.25, 0.3) is 0 Å². The van der Waals surface area contributed by atoms with Crippen molar-refractivity contribution in [3.05, 3.63) is 0 Å². The summed E-state index contributed by atoms with van der Waals surface area (Å²) in [5, 5.41) is 0. The van der Waals surface area contributed by atoms with E-state index in [1.54, 1.807) is 0 Å². The fourth-order valence-corrected chi connectivity index (χ4v) is 0.618. The van der Waals surface area contributed by atoms with Gasteiger partial charge in [0.05, 0.1) is 12.7 Å². The molecule has 0 amide bonds. The largest absolute Gasteiger partial charge is 0.357 e. The van der Waals surface area contributed by atoms with Gasteiger partial charge in [-0.25, -0.2) is 0 Å². The lowest BCUT2D eigenvalue weighted by Crippen LogP contribution is -2.51. The highest BCUT2D eigenvalue weighted by Gasteiger charge is 2.10. The SMILES string of the molecule is [NH3+]CCP(=O)(O)O. The Bertz CT molecular complexity index is 86.9. The summed E-state index contributed by atoms with van der Waals surface area (Å²) in [7, 11) is -3.73. The number of rotatable bonds is 2. The normalized spacial score (nSPS) is 11.9. The average molecular weight is 126 g/mol. The molecule has 0 spiro atoms. The molecule has 0 aromatic heterocycles. The molecule has 5 heteroatoms. The highest BCUT2D eigenvalue weighted by molar-refractivity contribution is 7.51. The molecular weight excluding hydrogens is 117 g/mol. The minimum Gasteiger partial charge on any atom is -0.357 e. The summed E-state index contributed by atoms with van der Waals surface area (Å²) in [4.78, 5) is 16.2. The van der Waals surface area contributed by atoms with E-state index in [0.717, 1.165) is 0 Å². The van der Waals surface area contributed by atoms with Crippen LogP contribution in [0, 0.1) is 0 Å². The predicted octanol–water partition coefficient (Wildman–Crippen LogP) is -1.59. The van der Waals surface area contributed by atoms with Crippen molar-refractivity contribution in [1.82, 2.24) is 0 Å². The minimum atomic E-state index is -3.73. The first-order valence-corrected chi connectivity index (χ1v) is 3.70. The van der Waals surface area contributed by atoms with Gasteiger partial charge in [-0.1, -0.05) is 0 Å². The number of hydrogen-bond donors (Lipinski definition) is 3. The lowest BCUT2D eigenvalue weighted by molar-refractivity contribution is -0.361. The zero-order valence-corrected chi connectivity index (χ0v) is 4.77. The molecule has 0 saturated carbocycles. The quantitative estimate of drug-likeness (QED) is 0.390. The topological polar surface area (TPSA) is 85.2 Å². The Morgan fingerprint density at radius 3 is 2.00 bits per heavy atom. The maximum Gasteiger partial charge on any atom is 0.331 e. The summed E-state index contributed by atoms with van der Waals surface area (Å²) >= 11 is 0. The molecule has 0 aliphatic heterocycles. The molecule has 7 heavy (non-hydrogen) atoms. The summed E-state index contributed by atoms with van der Waals surface area (Å²) in [5.74, 6) is 0. The van der Waals surface area contributed by atoms with Gasteiger partial charge in [0.1, 0.15) is 0 Å². The maximum absolute atomic E-state index is 9.89. The van der Waals surface area contributed by atoms with E-state index in [-0.39, 0.29) is 6.16 Å². The van der Waals surface area contributed by atoms with Crippen LogP contribution in [0.25, 0.3) is 0 Å². The van der Waals surface area contributed by atoms with Crippen molar-refractivity contribution in [2.45, 2.75) is 0 Å². The third kappa shape index (κ3) is 6.11. The summed E-state index contributed by atoms with van der Waals surface area (Å²) in [6.07, 6.45) is -0.104. The van der Waals surface area contributed by atoms with Crippen molar-refractivity contribution in [2.75, 3.05) is 12.7 Å². The minimum absolute atomic E-state index is 0.104. The fraction of sp³-hybridized carbons (Fsp3) is 1.00. The second-order valence-electron chi connectivity index (χ2n) is 1.24. The molecule has 0 aromatic rings. The van der Waals surface area contributed by atoms with Gasteiger partial charge in [-0.2, -0.15) is 0 Å². The Morgan fingerprint density at radius 1 is 1.57 bits per heavy atom. The van der Waals surface area contributed by atoms with E-state index in [2.05, 4.69) is 5.73 Å². The van der Waals surface area contributed by atoms with Crippen LogP contribution in [0.5, 0.6) is 0 Å². The lowest BCUT2D eigenvalue weighted by atomic mass is 10.8. The number of hydrogen-bond acceptors (Lipinski definition) is 1. The Labute approximate surface area is 41.5 Å². The van der Waals surface area contributed by atoms with Crippen LogP contribution in [0.4, 0.5) is 0 Å². The van der Waals surface area contributed by atoms with Crippen LogP contribution < -0.4 is 5.73 Å². The Balaban J connectivity index is 3.36. The molecule has 0 unspecified atom stereocenters. The first kappa shape index (κ1) is 7.11. The van der Waals surface area contributed by atoms with E-state index in [4.69, 9.17) is 9.79 Å². The standard InChI is InChI=1S/C2H8NO3P/c3-1-2-7(4,5)6/h1-3H2,(H2,4,5,6)/p+1. The van der Waals surface area contributed by atoms with E-state index in [9.17, 15) is 4.57 Å². The van der Waals surface area contributed by atoms with Crippen LogP contribution in [-0.4, -0.2) is 22.5 Å².